The number of aromatic nitrogens is 1. The largest absolute Gasteiger partial charge is 0.253 e. The summed E-state index contributed by atoms with van der Waals surface area (Å²) < 4.78 is 0. The molecule has 0 amide bonds. The van der Waals surface area contributed by atoms with Crippen molar-refractivity contribution in [1.29, 1.82) is 0 Å². The predicted octanol–water partition coefficient (Wildman–Crippen LogP) is 4.00. The predicted molar refractivity (Wildman–Crippen MR) is 72.1 cm³/mol. The molecule has 17 heavy (non-hydrogen) atoms. The lowest BCUT2D eigenvalue weighted by molar-refractivity contribution is 0.339. The minimum Gasteiger partial charge on any atom is -0.253 e. The van der Waals surface area contributed by atoms with Crippen LogP contribution in [0, 0.1) is 11.8 Å². The first-order chi connectivity index (χ1) is 8.24. The molecule has 1 atom stereocenters. The number of nitrogens with zero attached hydrogens (tertiary/aromatic N) is 1. The third-order valence-electron chi connectivity index (χ3n) is 4.08. The van der Waals surface area contributed by atoms with E-state index in [1.165, 1.54) is 29.5 Å². The number of rotatable bonds is 1. The van der Waals surface area contributed by atoms with Crippen LogP contribution in [-0.4, -0.2) is 4.98 Å². The molecule has 0 fully saturated rings. The summed E-state index contributed by atoms with van der Waals surface area (Å²) in [7, 11) is 0. The highest BCUT2D eigenvalue weighted by Gasteiger charge is 2.22. The van der Waals surface area contributed by atoms with Crippen LogP contribution in [0.1, 0.15) is 31.5 Å². The first-order valence-corrected chi connectivity index (χ1v) is 6.61. The Hall–Kier alpha value is -1.37. The summed E-state index contributed by atoms with van der Waals surface area (Å²) in [6.45, 7) is 4.66. The maximum atomic E-state index is 4.85. The molecule has 1 heterocycles. The fourth-order valence-electron chi connectivity index (χ4n) is 2.85. The molecule has 1 unspecified atom stereocenters. The second kappa shape index (κ2) is 4.14. The molecule has 1 aromatic heterocycles. The second-order valence-corrected chi connectivity index (χ2v) is 5.53. The van der Waals surface area contributed by atoms with E-state index < -0.39 is 0 Å². The van der Waals surface area contributed by atoms with E-state index in [9.17, 15) is 0 Å². The van der Waals surface area contributed by atoms with Crippen LogP contribution in [0.2, 0.25) is 0 Å². The lowest BCUT2D eigenvalue weighted by atomic mass is 9.80. The molecule has 1 aliphatic rings. The number of hydrogen-bond acceptors (Lipinski definition) is 1. The quantitative estimate of drug-likeness (QED) is 0.715. The molecule has 0 saturated carbocycles. The Bertz CT molecular complexity index is 542. The van der Waals surface area contributed by atoms with Gasteiger partial charge in [-0.3, -0.25) is 4.98 Å². The van der Waals surface area contributed by atoms with Gasteiger partial charge in [-0.05, 0) is 48.8 Å². The van der Waals surface area contributed by atoms with Gasteiger partial charge in [-0.1, -0.05) is 32.0 Å². The minimum atomic E-state index is 0.774. The van der Waals surface area contributed by atoms with E-state index in [1.54, 1.807) is 0 Å². The van der Waals surface area contributed by atoms with Crippen LogP contribution in [-0.2, 0) is 12.8 Å². The molecule has 1 nitrogen and oxygen atoms in total. The fraction of sp³-hybridized carbons (Fsp3) is 0.438. The van der Waals surface area contributed by atoms with Crippen molar-refractivity contribution in [3.8, 4) is 0 Å². The third kappa shape index (κ3) is 1.95. The summed E-state index contributed by atoms with van der Waals surface area (Å²) in [6.07, 6.45) is 3.69. The van der Waals surface area contributed by atoms with Crippen molar-refractivity contribution in [3.05, 3.63) is 41.6 Å². The summed E-state index contributed by atoms with van der Waals surface area (Å²) >= 11 is 0. The zero-order valence-corrected chi connectivity index (χ0v) is 10.6. The van der Waals surface area contributed by atoms with Gasteiger partial charge in [0.15, 0.2) is 0 Å². The van der Waals surface area contributed by atoms with Gasteiger partial charge >= 0.3 is 0 Å². The third-order valence-corrected chi connectivity index (χ3v) is 4.08. The van der Waals surface area contributed by atoms with Gasteiger partial charge in [0.1, 0.15) is 0 Å². The molecule has 2 aromatic rings. The standard InChI is InChI=1S/C16H19N/c1-11(2)12-7-8-14-9-13-5-3-4-6-15(13)17-16(14)10-12/h3-6,9,11-12H,7-8,10H2,1-2H3. The second-order valence-electron chi connectivity index (χ2n) is 5.53. The van der Waals surface area contributed by atoms with E-state index in [0.717, 1.165) is 23.8 Å². The highest BCUT2D eigenvalue weighted by atomic mass is 14.7. The maximum Gasteiger partial charge on any atom is 0.0705 e. The van der Waals surface area contributed by atoms with Gasteiger partial charge in [-0.2, -0.15) is 0 Å². The van der Waals surface area contributed by atoms with Gasteiger partial charge in [0.2, 0.25) is 0 Å². The molecule has 0 bridgehead atoms. The van der Waals surface area contributed by atoms with E-state index in [-0.39, 0.29) is 0 Å². The van der Waals surface area contributed by atoms with E-state index in [1.807, 2.05) is 0 Å². The number of fused-ring (bicyclic) bond motifs is 2. The number of benzene rings is 1. The Balaban J connectivity index is 2.05. The van der Waals surface area contributed by atoms with Crippen molar-refractivity contribution in [2.45, 2.75) is 33.1 Å². The Morgan fingerprint density at radius 2 is 2.06 bits per heavy atom. The van der Waals surface area contributed by atoms with Crippen molar-refractivity contribution in [2.24, 2.45) is 11.8 Å². The average molecular weight is 225 g/mol. The van der Waals surface area contributed by atoms with Crippen LogP contribution in [0.4, 0.5) is 0 Å². The molecule has 0 aliphatic heterocycles. The van der Waals surface area contributed by atoms with E-state index in [4.69, 9.17) is 4.98 Å². The van der Waals surface area contributed by atoms with Gasteiger partial charge in [0.25, 0.3) is 0 Å². The number of pyridine rings is 1. The smallest absolute Gasteiger partial charge is 0.0705 e. The van der Waals surface area contributed by atoms with Crippen molar-refractivity contribution >= 4 is 10.9 Å². The topological polar surface area (TPSA) is 12.9 Å². The number of hydrogen-bond donors (Lipinski definition) is 0. The molecular weight excluding hydrogens is 206 g/mol. The molecule has 0 saturated heterocycles. The Morgan fingerprint density at radius 1 is 1.24 bits per heavy atom. The summed E-state index contributed by atoms with van der Waals surface area (Å²) in [5.74, 6) is 1.59. The molecule has 1 aromatic carbocycles. The van der Waals surface area contributed by atoms with Crippen LogP contribution in [0.3, 0.4) is 0 Å². The van der Waals surface area contributed by atoms with Gasteiger partial charge in [-0.15, -0.1) is 0 Å². The average Bonchev–Trinajstić information content (AvgIpc) is 2.35. The minimum absolute atomic E-state index is 0.774. The zero-order chi connectivity index (χ0) is 11.8. The SMILES string of the molecule is CC(C)C1CCc2cc3ccccc3nc2C1. The van der Waals surface area contributed by atoms with E-state index in [0.29, 0.717) is 0 Å². The van der Waals surface area contributed by atoms with Crippen LogP contribution >= 0.6 is 0 Å². The normalized spacial score (nSPS) is 19.6. The molecule has 0 radical (unpaired) electrons. The molecule has 3 rings (SSSR count). The highest BCUT2D eigenvalue weighted by molar-refractivity contribution is 5.79. The monoisotopic (exact) mass is 225 g/mol. The Kier molecular flexibility index (Phi) is 2.62. The van der Waals surface area contributed by atoms with Crippen molar-refractivity contribution < 1.29 is 0 Å². The Labute approximate surface area is 103 Å². The molecule has 0 N–H and O–H groups in total. The number of para-hydroxylation sites is 1. The Morgan fingerprint density at radius 3 is 2.88 bits per heavy atom. The molecule has 1 aliphatic carbocycles. The van der Waals surface area contributed by atoms with Gasteiger partial charge in [0, 0.05) is 11.1 Å². The lowest BCUT2D eigenvalue weighted by Crippen LogP contribution is -2.20. The van der Waals surface area contributed by atoms with Crippen molar-refractivity contribution in [2.75, 3.05) is 0 Å². The van der Waals surface area contributed by atoms with E-state index >= 15 is 0 Å². The highest BCUT2D eigenvalue weighted by Crippen LogP contribution is 2.30. The zero-order valence-electron chi connectivity index (χ0n) is 10.6. The molecule has 88 valence electrons. The van der Waals surface area contributed by atoms with Crippen LogP contribution < -0.4 is 0 Å². The lowest BCUT2D eigenvalue weighted by Gasteiger charge is -2.27. The first kappa shape index (κ1) is 10.8. The van der Waals surface area contributed by atoms with Crippen LogP contribution in [0.5, 0.6) is 0 Å². The van der Waals surface area contributed by atoms with E-state index in [2.05, 4.69) is 44.2 Å². The molecule has 0 spiro atoms. The fourth-order valence-corrected chi connectivity index (χ4v) is 2.85. The summed E-state index contributed by atoms with van der Waals surface area (Å²) in [6, 6.07) is 10.8. The van der Waals surface area contributed by atoms with Gasteiger partial charge < -0.3 is 0 Å². The molecule has 1 heteroatoms. The summed E-state index contributed by atoms with van der Waals surface area (Å²) in [5, 5.41) is 1.29. The molecular formula is C16H19N. The van der Waals surface area contributed by atoms with Gasteiger partial charge in [-0.25, -0.2) is 0 Å². The maximum absolute atomic E-state index is 4.85. The first-order valence-electron chi connectivity index (χ1n) is 6.61. The van der Waals surface area contributed by atoms with Crippen molar-refractivity contribution in [1.82, 2.24) is 4.98 Å². The van der Waals surface area contributed by atoms with Crippen molar-refractivity contribution in [3.63, 3.8) is 0 Å². The summed E-state index contributed by atoms with van der Waals surface area (Å²) in [5.41, 5.74) is 3.96. The van der Waals surface area contributed by atoms with Crippen LogP contribution in [0.25, 0.3) is 10.9 Å². The number of aryl methyl sites for hydroxylation is 1. The van der Waals surface area contributed by atoms with Gasteiger partial charge in [0.05, 0.1) is 5.52 Å². The summed E-state index contributed by atoms with van der Waals surface area (Å²) in [4.78, 5) is 4.85. The van der Waals surface area contributed by atoms with Crippen LogP contribution in [0.15, 0.2) is 30.3 Å².